The quantitative estimate of drug-likeness (QED) is 0.654. The first-order chi connectivity index (χ1) is 14.5. The van der Waals surface area contributed by atoms with Crippen molar-refractivity contribution in [3.63, 3.8) is 0 Å². The number of ether oxygens (including phenoxy) is 3. The van der Waals surface area contributed by atoms with Gasteiger partial charge in [-0.3, -0.25) is 4.79 Å². The number of hydrogen-bond donors (Lipinski definition) is 1. The summed E-state index contributed by atoms with van der Waals surface area (Å²) in [5.41, 5.74) is 0.380. The summed E-state index contributed by atoms with van der Waals surface area (Å²) in [7, 11) is 4.73. The molecule has 1 aromatic heterocycles. The molecule has 0 spiro atoms. The molecule has 2 aromatic rings. The van der Waals surface area contributed by atoms with Gasteiger partial charge in [0.25, 0.3) is 0 Å². The summed E-state index contributed by atoms with van der Waals surface area (Å²) in [5.74, 6) is 2.76. The van der Waals surface area contributed by atoms with Gasteiger partial charge in [-0.25, -0.2) is 0 Å². The number of nitrogens with zero attached hydrogens (tertiary/aromatic N) is 2. The SMILES string of the molecule is COc1cc(CCC(=O)NC2(c3noc(C)n3)CCCCCC2)cc(OC)c1OC. The third-order valence-electron chi connectivity index (χ3n) is 5.66. The van der Waals surface area contributed by atoms with Gasteiger partial charge in [0.2, 0.25) is 17.5 Å². The van der Waals surface area contributed by atoms with Crippen molar-refractivity contribution in [2.24, 2.45) is 0 Å². The molecule has 1 aromatic carbocycles. The van der Waals surface area contributed by atoms with Crippen molar-refractivity contribution in [3.8, 4) is 17.2 Å². The number of methoxy groups -OCH3 is 3. The number of rotatable bonds is 8. The van der Waals surface area contributed by atoms with Gasteiger partial charge in [0, 0.05) is 13.3 Å². The lowest BCUT2D eigenvalue weighted by atomic mass is 9.88. The molecule has 0 unspecified atom stereocenters. The summed E-state index contributed by atoms with van der Waals surface area (Å²) in [4.78, 5) is 17.4. The summed E-state index contributed by atoms with van der Waals surface area (Å²) < 4.78 is 21.4. The lowest BCUT2D eigenvalue weighted by Crippen LogP contribution is -2.46. The highest BCUT2D eigenvalue weighted by atomic mass is 16.5. The predicted molar refractivity (Wildman–Crippen MR) is 111 cm³/mol. The molecule has 0 atom stereocenters. The van der Waals surface area contributed by atoms with Crippen molar-refractivity contribution in [2.75, 3.05) is 21.3 Å². The first-order valence-corrected chi connectivity index (χ1v) is 10.4. The molecule has 1 saturated carbocycles. The van der Waals surface area contributed by atoms with Gasteiger partial charge >= 0.3 is 0 Å². The number of aryl methyl sites for hydroxylation is 2. The lowest BCUT2D eigenvalue weighted by Gasteiger charge is -2.30. The van der Waals surface area contributed by atoms with Crippen molar-refractivity contribution >= 4 is 5.91 Å². The zero-order valence-corrected chi connectivity index (χ0v) is 18.2. The van der Waals surface area contributed by atoms with Crippen LogP contribution in [0.15, 0.2) is 16.7 Å². The van der Waals surface area contributed by atoms with Crippen LogP contribution < -0.4 is 19.5 Å². The summed E-state index contributed by atoms with van der Waals surface area (Å²) in [6.07, 6.45) is 6.88. The van der Waals surface area contributed by atoms with Gasteiger partial charge in [-0.15, -0.1) is 0 Å². The molecule has 1 N–H and O–H groups in total. The molecule has 1 amide bonds. The second kappa shape index (κ2) is 9.82. The van der Waals surface area contributed by atoms with Crippen LogP contribution in [0.25, 0.3) is 0 Å². The Hall–Kier alpha value is -2.77. The molecule has 0 bridgehead atoms. The number of benzene rings is 1. The molecule has 1 aliphatic rings. The second-order valence-corrected chi connectivity index (χ2v) is 7.72. The van der Waals surface area contributed by atoms with Crippen LogP contribution in [0.1, 0.15) is 62.2 Å². The number of nitrogens with one attached hydrogen (secondary N) is 1. The molecular formula is C22H31N3O5. The fraction of sp³-hybridized carbons (Fsp3) is 0.591. The third kappa shape index (κ3) is 4.86. The van der Waals surface area contributed by atoms with Crippen molar-refractivity contribution < 1.29 is 23.5 Å². The van der Waals surface area contributed by atoms with Crippen LogP contribution in [0.2, 0.25) is 0 Å². The Morgan fingerprint density at radius 1 is 1.07 bits per heavy atom. The van der Waals surface area contributed by atoms with E-state index >= 15 is 0 Å². The minimum absolute atomic E-state index is 0.0342. The molecule has 1 heterocycles. The fourth-order valence-electron chi connectivity index (χ4n) is 4.10. The molecular weight excluding hydrogens is 386 g/mol. The van der Waals surface area contributed by atoms with Crippen LogP contribution in [0, 0.1) is 6.92 Å². The minimum Gasteiger partial charge on any atom is -0.493 e. The van der Waals surface area contributed by atoms with E-state index in [1.54, 1.807) is 28.3 Å². The average Bonchev–Trinajstić information content (AvgIpc) is 3.06. The normalized spacial score (nSPS) is 15.9. The number of carbonyl (C=O) groups excluding carboxylic acids is 1. The van der Waals surface area contributed by atoms with Gasteiger partial charge in [0.1, 0.15) is 5.54 Å². The Morgan fingerprint density at radius 2 is 1.70 bits per heavy atom. The lowest BCUT2D eigenvalue weighted by molar-refractivity contribution is -0.123. The molecule has 1 aliphatic carbocycles. The highest BCUT2D eigenvalue weighted by Crippen LogP contribution is 2.39. The Morgan fingerprint density at radius 3 is 2.20 bits per heavy atom. The zero-order valence-electron chi connectivity index (χ0n) is 18.2. The molecule has 30 heavy (non-hydrogen) atoms. The number of carbonyl (C=O) groups is 1. The predicted octanol–water partition coefficient (Wildman–Crippen LogP) is 3.70. The van der Waals surface area contributed by atoms with Crippen LogP contribution in [0.5, 0.6) is 17.2 Å². The molecule has 8 nitrogen and oxygen atoms in total. The van der Waals surface area contributed by atoms with E-state index in [1.807, 2.05) is 12.1 Å². The minimum atomic E-state index is -0.555. The van der Waals surface area contributed by atoms with Crippen LogP contribution in [0.3, 0.4) is 0 Å². The van der Waals surface area contributed by atoms with E-state index in [9.17, 15) is 4.79 Å². The van der Waals surface area contributed by atoms with E-state index in [0.29, 0.717) is 41.8 Å². The maximum absolute atomic E-state index is 12.9. The van der Waals surface area contributed by atoms with Gasteiger partial charge in [-0.1, -0.05) is 30.8 Å². The standard InChI is InChI=1S/C22H31N3O5/c1-15-23-21(25-30-15)22(11-7-5-6-8-12-22)24-19(26)10-9-16-13-17(27-2)20(29-4)18(14-16)28-3/h13-14H,5-12H2,1-4H3,(H,24,26). The van der Waals surface area contributed by atoms with E-state index in [0.717, 1.165) is 44.1 Å². The zero-order chi connectivity index (χ0) is 21.6. The highest BCUT2D eigenvalue weighted by molar-refractivity contribution is 5.77. The Kier molecular flexibility index (Phi) is 7.18. The second-order valence-electron chi connectivity index (χ2n) is 7.72. The van der Waals surface area contributed by atoms with Crippen LogP contribution in [0.4, 0.5) is 0 Å². The molecule has 0 aliphatic heterocycles. The summed E-state index contributed by atoms with van der Waals surface area (Å²) in [6, 6.07) is 3.75. The third-order valence-corrected chi connectivity index (χ3v) is 5.66. The summed E-state index contributed by atoms with van der Waals surface area (Å²) in [5, 5.41) is 7.38. The van der Waals surface area contributed by atoms with Crippen molar-refractivity contribution in [3.05, 3.63) is 29.4 Å². The van der Waals surface area contributed by atoms with Crippen molar-refractivity contribution in [1.82, 2.24) is 15.5 Å². The Balaban J connectivity index is 1.73. The maximum Gasteiger partial charge on any atom is 0.223 e. The fourth-order valence-corrected chi connectivity index (χ4v) is 4.10. The molecule has 0 saturated heterocycles. The topological polar surface area (TPSA) is 95.7 Å². The van der Waals surface area contributed by atoms with Crippen LogP contribution in [-0.4, -0.2) is 37.4 Å². The van der Waals surface area contributed by atoms with E-state index in [1.165, 1.54) is 0 Å². The molecule has 0 radical (unpaired) electrons. The molecule has 1 fully saturated rings. The smallest absolute Gasteiger partial charge is 0.223 e. The molecule has 8 heteroatoms. The Bertz CT molecular complexity index is 831. The average molecular weight is 418 g/mol. The van der Waals surface area contributed by atoms with Gasteiger partial charge in [-0.2, -0.15) is 4.98 Å². The highest BCUT2D eigenvalue weighted by Gasteiger charge is 2.38. The Labute approximate surface area is 177 Å². The monoisotopic (exact) mass is 417 g/mol. The van der Waals surface area contributed by atoms with Gasteiger partial charge < -0.3 is 24.1 Å². The van der Waals surface area contributed by atoms with Crippen LogP contribution >= 0.6 is 0 Å². The van der Waals surface area contributed by atoms with E-state index in [2.05, 4.69) is 15.5 Å². The first-order valence-electron chi connectivity index (χ1n) is 10.4. The van der Waals surface area contributed by atoms with Crippen molar-refractivity contribution in [1.29, 1.82) is 0 Å². The van der Waals surface area contributed by atoms with E-state index < -0.39 is 5.54 Å². The number of hydrogen-bond acceptors (Lipinski definition) is 7. The van der Waals surface area contributed by atoms with Gasteiger partial charge in [-0.05, 0) is 37.0 Å². The molecule has 3 rings (SSSR count). The van der Waals surface area contributed by atoms with Crippen molar-refractivity contribution in [2.45, 2.75) is 63.8 Å². The van der Waals surface area contributed by atoms with Crippen LogP contribution in [-0.2, 0) is 16.8 Å². The largest absolute Gasteiger partial charge is 0.493 e. The maximum atomic E-state index is 12.9. The number of amides is 1. The number of aromatic nitrogens is 2. The first kappa shape index (κ1) is 21.9. The summed E-state index contributed by atoms with van der Waals surface area (Å²) >= 11 is 0. The van der Waals surface area contributed by atoms with Gasteiger partial charge in [0.15, 0.2) is 17.3 Å². The van der Waals surface area contributed by atoms with E-state index in [4.69, 9.17) is 18.7 Å². The molecule has 164 valence electrons. The van der Waals surface area contributed by atoms with E-state index in [-0.39, 0.29) is 5.91 Å². The summed E-state index contributed by atoms with van der Waals surface area (Å²) in [6.45, 7) is 1.77. The van der Waals surface area contributed by atoms with Gasteiger partial charge in [0.05, 0.1) is 21.3 Å².